The van der Waals surface area contributed by atoms with Gasteiger partial charge in [-0.25, -0.2) is 8.42 Å². The molecule has 2 rings (SSSR count). The molecule has 0 radical (unpaired) electrons. The van der Waals surface area contributed by atoms with Crippen LogP contribution in [-0.2, 0) is 21.4 Å². The minimum absolute atomic E-state index is 0.291. The molecule has 2 aromatic rings. The van der Waals surface area contributed by atoms with Gasteiger partial charge in [0.05, 0.1) is 18.6 Å². The van der Waals surface area contributed by atoms with Gasteiger partial charge in [0.2, 0.25) is 15.9 Å². The number of carbonyl (C=O) groups is 1. The van der Waals surface area contributed by atoms with Crippen molar-refractivity contribution in [2.45, 2.75) is 20.4 Å². The zero-order chi connectivity index (χ0) is 19.2. The molecule has 0 aliphatic carbocycles. The molecule has 0 aromatic heterocycles. The van der Waals surface area contributed by atoms with E-state index >= 15 is 0 Å². The summed E-state index contributed by atoms with van der Waals surface area (Å²) >= 11 is 0. The van der Waals surface area contributed by atoms with E-state index in [4.69, 9.17) is 4.74 Å². The first kappa shape index (κ1) is 19.8. The first-order valence-corrected chi connectivity index (χ1v) is 10.2. The van der Waals surface area contributed by atoms with Gasteiger partial charge in [0, 0.05) is 12.6 Å². The maximum Gasteiger partial charge on any atom is 0.241 e. The second-order valence-electron chi connectivity index (χ2n) is 5.90. The van der Waals surface area contributed by atoms with Gasteiger partial charge in [0.25, 0.3) is 0 Å². The van der Waals surface area contributed by atoms with E-state index < -0.39 is 10.0 Å². The van der Waals surface area contributed by atoms with Crippen LogP contribution in [0.5, 0.6) is 5.75 Å². The van der Waals surface area contributed by atoms with Gasteiger partial charge >= 0.3 is 0 Å². The van der Waals surface area contributed by atoms with Crippen molar-refractivity contribution >= 4 is 21.6 Å². The number of nitrogens with one attached hydrogen (secondary N) is 1. The average molecular weight is 376 g/mol. The average Bonchev–Trinajstić information content (AvgIpc) is 2.58. The highest BCUT2D eigenvalue weighted by Gasteiger charge is 2.21. The molecule has 0 heterocycles. The number of carbonyl (C=O) groups excluding carboxylic acids is 1. The predicted octanol–water partition coefficient (Wildman–Crippen LogP) is 2.48. The fraction of sp³-hybridized carbons (Fsp3) is 0.316. The fourth-order valence-corrected chi connectivity index (χ4v) is 3.33. The SMILES string of the molecule is CCOc1cccc(N(CC(=O)NCc2ccccc2C)S(C)(=O)=O)c1. The standard InChI is InChI=1S/C19H24N2O4S/c1-4-25-18-11-7-10-17(12-18)21(26(3,23)24)14-19(22)20-13-16-9-6-5-8-15(16)2/h5-12H,4,13-14H2,1-3H3,(H,20,22). The highest BCUT2D eigenvalue weighted by atomic mass is 32.2. The van der Waals surface area contributed by atoms with Gasteiger partial charge in [0.15, 0.2) is 0 Å². The molecule has 0 aliphatic rings. The maximum atomic E-state index is 12.3. The van der Waals surface area contributed by atoms with Crippen LogP contribution in [0.2, 0.25) is 0 Å². The van der Waals surface area contributed by atoms with Crippen molar-refractivity contribution in [3.63, 3.8) is 0 Å². The van der Waals surface area contributed by atoms with E-state index in [2.05, 4.69) is 5.32 Å². The summed E-state index contributed by atoms with van der Waals surface area (Å²) in [6.07, 6.45) is 1.08. The second-order valence-corrected chi connectivity index (χ2v) is 7.81. The van der Waals surface area contributed by atoms with Crippen molar-refractivity contribution in [2.75, 3.05) is 23.7 Å². The predicted molar refractivity (Wildman–Crippen MR) is 103 cm³/mol. The van der Waals surface area contributed by atoms with E-state index in [0.29, 0.717) is 24.6 Å². The van der Waals surface area contributed by atoms with Crippen LogP contribution in [0, 0.1) is 6.92 Å². The van der Waals surface area contributed by atoms with Gasteiger partial charge in [-0.2, -0.15) is 0 Å². The van der Waals surface area contributed by atoms with Crippen molar-refractivity contribution < 1.29 is 17.9 Å². The molecule has 0 aliphatic heterocycles. The van der Waals surface area contributed by atoms with E-state index in [0.717, 1.165) is 21.7 Å². The number of sulfonamides is 1. The molecule has 0 atom stereocenters. The highest BCUT2D eigenvalue weighted by molar-refractivity contribution is 7.92. The summed E-state index contributed by atoms with van der Waals surface area (Å²) in [5, 5.41) is 2.78. The number of ether oxygens (including phenoxy) is 1. The zero-order valence-electron chi connectivity index (χ0n) is 15.2. The van der Waals surface area contributed by atoms with Gasteiger partial charge in [-0.15, -0.1) is 0 Å². The third-order valence-corrected chi connectivity index (χ3v) is 4.98. The second kappa shape index (κ2) is 8.71. The van der Waals surface area contributed by atoms with Crippen LogP contribution in [0.1, 0.15) is 18.1 Å². The fourth-order valence-electron chi connectivity index (χ4n) is 2.48. The molecule has 0 bridgehead atoms. The third kappa shape index (κ3) is 5.49. The van der Waals surface area contributed by atoms with Crippen LogP contribution >= 0.6 is 0 Å². The first-order valence-electron chi connectivity index (χ1n) is 8.33. The van der Waals surface area contributed by atoms with Gasteiger partial charge in [0.1, 0.15) is 12.3 Å². The Morgan fingerprint density at radius 2 is 1.88 bits per heavy atom. The maximum absolute atomic E-state index is 12.3. The van der Waals surface area contributed by atoms with Gasteiger partial charge in [-0.05, 0) is 37.1 Å². The Bertz CT molecular complexity index is 865. The lowest BCUT2D eigenvalue weighted by molar-refractivity contribution is -0.119. The summed E-state index contributed by atoms with van der Waals surface area (Å²) in [5.74, 6) is 0.180. The highest BCUT2D eigenvalue weighted by Crippen LogP contribution is 2.23. The molecule has 140 valence electrons. The smallest absolute Gasteiger partial charge is 0.241 e. The van der Waals surface area contributed by atoms with Crippen LogP contribution < -0.4 is 14.4 Å². The van der Waals surface area contributed by atoms with E-state index in [-0.39, 0.29) is 12.5 Å². The Morgan fingerprint density at radius 3 is 2.54 bits per heavy atom. The van der Waals surface area contributed by atoms with Crippen molar-refractivity contribution in [1.29, 1.82) is 0 Å². The molecule has 1 amide bonds. The number of hydrogen-bond donors (Lipinski definition) is 1. The lowest BCUT2D eigenvalue weighted by Crippen LogP contribution is -2.40. The summed E-state index contributed by atoms with van der Waals surface area (Å²) in [6.45, 7) is 4.34. The molecule has 6 nitrogen and oxygen atoms in total. The molecule has 0 spiro atoms. The Morgan fingerprint density at radius 1 is 1.15 bits per heavy atom. The van der Waals surface area contributed by atoms with Crippen LogP contribution in [0.15, 0.2) is 48.5 Å². The van der Waals surface area contributed by atoms with Crippen LogP contribution in [0.25, 0.3) is 0 Å². The van der Waals surface area contributed by atoms with E-state index in [9.17, 15) is 13.2 Å². The number of anilines is 1. The quantitative estimate of drug-likeness (QED) is 0.768. The Kier molecular flexibility index (Phi) is 6.63. The summed E-state index contributed by atoms with van der Waals surface area (Å²) < 4.78 is 30.8. The number of benzene rings is 2. The Hall–Kier alpha value is -2.54. The number of nitrogens with zero attached hydrogens (tertiary/aromatic N) is 1. The molecular formula is C19H24N2O4S. The van der Waals surface area contributed by atoms with E-state index in [1.54, 1.807) is 24.3 Å². The van der Waals surface area contributed by atoms with E-state index in [1.807, 2.05) is 38.1 Å². The minimum atomic E-state index is -3.62. The molecular weight excluding hydrogens is 352 g/mol. The van der Waals surface area contributed by atoms with Gasteiger partial charge in [-0.1, -0.05) is 30.3 Å². The minimum Gasteiger partial charge on any atom is -0.494 e. The summed E-state index contributed by atoms with van der Waals surface area (Å²) in [6, 6.07) is 14.4. The number of rotatable bonds is 8. The summed E-state index contributed by atoms with van der Waals surface area (Å²) in [5.41, 5.74) is 2.45. The first-order chi connectivity index (χ1) is 12.3. The molecule has 26 heavy (non-hydrogen) atoms. The molecule has 0 saturated carbocycles. The number of amides is 1. The Labute approximate surface area is 154 Å². The van der Waals surface area contributed by atoms with Crippen molar-refractivity contribution in [3.8, 4) is 5.75 Å². The Balaban J connectivity index is 2.12. The molecule has 1 N–H and O–H groups in total. The van der Waals surface area contributed by atoms with Crippen LogP contribution in [0.4, 0.5) is 5.69 Å². The van der Waals surface area contributed by atoms with Gasteiger partial charge < -0.3 is 10.1 Å². The zero-order valence-corrected chi connectivity index (χ0v) is 16.0. The topological polar surface area (TPSA) is 75.7 Å². The molecule has 0 fully saturated rings. The van der Waals surface area contributed by atoms with Crippen molar-refractivity contribution in [1.82, 2.24) is 5.32 Å². The van der Waals surface area contributed by atoms with Crippen molar-refractivity contribution in [2.24, 2.45) is 0 Å². The lowest BCUT2D eigenvalue weighted by atomic mass is 10.1. The lowest BCUT2D eigenvalue weighted by Gasteiger charge is -2.22. The number of hydrogen-bond acceptors (Lipinski definition) is 4. The largest absolute Gasteiger partial charge is 0.494 e. The summed E-state index contributed by atoms with van der Waals surface area (Å²) in [7, 11) is -3.62. The monoisotopic (exact) mass is 376 g/mol. The number of aryl methyl sites for hydroxylation is 1. The molecule has 0 saturated heterocycles. The van der Waals surface area contributed by atoms with E-state index in [1.165, 1.54) is 0 Å². The van der Waals surface area contributed by atoms with Crippen LogP contribution in [-0.4, -0.2) is 33.7 Å². The normalized spacial score (nSPS) is 11.0. The van der Waals surface area contributed by atoms with Crippen molar-refractivity contribution in [3.05, 3.63) is 59.7 Å². The van der Waals surface area contributed by atoms with Gasteiger partial charge in [-0.3, -0.25) is 9.10 Å². The summed E-state index contributed by atoms with van der Waals surface area (Å²) in [4.78, 5) is 12.3. The molecule has 7 heteroatoms. The molecule has 2 aromatic carbocycles. The van der Waals surface area contributed by atoms with Crippen LogP contribution in [0.3, 0.4) is 0 Å². The molecule has 0 unspecified atom stereocenters. The third-order valence-electron chi connectivity index (χ3n) is 3.84.